The maximum atomic E-state index is 13.5. The number of piperidine rings is 1. The lowest BCUT2D eigenvalue weighted by molar-refractivity contribution is -0.176. The molecule has 7 aliphatic carbocycles. The van der Waals surface area contributed by atoms with Crippen molar-refractivity contribution in [3.63, 3.8) is 0 Å². The number of aromatic amines is 1. The zero-order chi connectivity index (χ0) is 32.4. The molecular weight excluding hydrogens is 616 g/mol. The van der Waals surface area contributed by atoms with E-state index in [1.165, 1.54) is 43.2 Å². The number of rotatable bonds is 4. The first-order valence-electron chi connectivity index (χ1n) is 19.2. The lowest BCUT2D eigenvalue weighted by Crippen LogP contribution is -2.74. The Balaban J connectivity index is 1.03. The SMILES string of the molecule is Oc1ccc2c3c1O[C@H]1c4[nH]c5c(c4C[C@@]4(O)[C@@H](C2)C(CC2CC2)CC[C@]314)C[C@@]1(O)[C@H]2Cc3ccc(O)c4c3[C@@]1(CCN2CC1CC1)[C@H]5O4. The summed E-state index contributed by atoms with van der Waals surface area (Å²) in [6.07, 6.45) is 10.7. The summed E-state index contributed by atoms with van der Waals surface area (Å²) in [5, 5.41) is 49.5. The van der Waals surface area contributed by atoms with Crippen molar-refractivity contribution >= 4 is 0 Å². The van der Waals surface area contributed by atoms with E-state index in [0.29, 0.717) is 36.2 Å². The Bertz CT molecular complexity index is 1910. The molecule has 2 aromatic carbocycles. The first-order valence-corrected chi connectivity index (χ1v) is 19.2. The molecule has 1 saturated heterocycles. The molecule has 4 heterocycles. The van der Waals surface area contributed by atoms with Gasteiger partial charge in [-0.25, -0.2) is 0 Å². The average Bonchev–Trinajstić information content (AvgIpc) is 3.98. The second-order valence-electron chi connectivity index (χ2n) is 18.1. The number of phenolic OH excluding ortho intramolecular Hbond substituents is 2. The molecular formula is C41H44N2O6. The molecule has 8 nitrogen and oxygen atoms in total. The number of hydrogen-bond acceptors (Lipinski definition) is 7. The minimum Gasteiger partial charge on any atom is -0.504 e. The standard InChI is InChI=1S/C41H44N2O6/c44-27-7-5-22-14-26-21(13-19-1-2-19)9-10-38-30(22)34(27)48-36(38)32-24(16-40(26,38)46)25-17-41(47)29-15-23-6-8-28(45)35-31(23)39(41,37(49-35)33(25)42-32)11-12-43(29)18-20-3-4-20/h5-8,19-21,26,29,36-37,42,44-47H,1-4,9-18H2/t21?,26-,29+,36-,37-,38-,39-,40+,41+/m0/s1. The van der Waals surface area contributed by atoms with Crippen LogP contribution < -0.4 is 9.47 Å². The summed E-state index contributed by atoms with van der Waals surface area (Å²) in [6.45, 7) is 1.93. The van der Waals surface area contributed by atoms with Gasteiger partial charge in [0.1, 0.15) is 0 Å². The van der Waals surface area contributed by atoms with Crippen molar-refractivity contribution in [3.8, 4) is 23.0 Å². The predicted octanol–water partition coefficient (Wildman–Crippen LogP) is 5.17. The third kappa shape index (κ3) is 2.88. The Morgan fingerprint density at radius 1 is 0.735 bits per heavy atom. The van der Waals surface area contributed by atoms with E-state index in [0.717, 1.165) is 84.8 Å². The van der Waals surface area contributed by atoms with Gasteiger partial charge in [-0.1, -0.05) is 25.0 Å². The number of likely N-dealkylation sites (tertiary alicyclic amines) is 1. The maximum Gasteiger partial charge on any atom is 0.166 e. The van der Waals surface area contributed by atoms with Crippen LogP contribution in [0.4, 0.5) is 0 Å². The smallest absolute Gasteiger partial charge is 0.166 e. The Labute approximate surface area is 285 Å². The molecule has 10 aliphatic rings. The summed E-state index contributed by atoms with van der Waals surface area (Å²) in [5.74, 6) is 3.47. The van der Waals surface area contributed by atoms with E-state index < -0.39 is 34.2 Å². The molecule has 3 saturated carbocycles. The van der Waals surface area contributed by atoms with Crippen LogP contribution in [0, 0.1) is 23.7 Å². The van der Waals surface area contributed by atoms with E-state index in [1.54, 1.807) is 12.1 Å². The molecule has 3 aromatic rings. The highest BCUT2D eigenvalue weighted by molar-refractivity contribution is 5.68. The number of nitrogens with one attached hydrogen (secondary N) is 1. The largest absolute Gasteiger partial charge is 0.504 e. The molecule has 0 radical (unpaired) electrons. The van der Waals surface area contributed by atoms with Gasteiger partial charge in [0, 0.05) is 36.6 Å². The number of H-pyrrole nitrogens is 1. The van der Waals surface area contributed by atoms with E-state index in [9.17, 15) is 20.4 Å². The number of phenols is 2. The molecule has 3 aliphatic heterocycles. The third-order valence-corrected chi connectivity index (χ3v) is 16.2. The summed E-state index contributed by atoms with van der Waals surface area (Å²) in [7, 11) is 0. The van der Waals surface area contributed by atoms with Crippen molar-refractivity contribution in [2.24, 2.45) is 23.7 Å². The van der Waals surface area contributed by atoms with Crippen molar-refractivity contribution in [1.29, 1.82) is 0 Å². The number of fused-ring (bicyclic) bond motifs is 5. The highest BCUT2D eigenvalue weighted by Gasteiger charge is 2.76. The fourth-order valence-corrected chi connectivity index (χ4v) is 13.9. The molecule has 4 bridgehead atoms. The van der Waals surface area contributed by atoms with Gasteiger partial charge in [-0.3, -0.25) is 4.90 Å². The fourth-order valence-electron chi connectivity index (χ4n) is 13.9. The molecule has 1 aromatic heterocycles. The molecule has 0 amide bonds. The van der Waals surface area contributed by atoms with Crippen LogP contribution in [-0.4, -0.2) is 60.6 Å². The Hall–Kier alpha value is -3.20. The summed E-state index contributed by atoms with van der Waals surface area (Å²) >= 11 is 0. The fraction of sp³-hybridized carbons (Fsp3) is 0.610. The van der Waals surface area contributed by atoms with Gasteiger partial charge in [-0.05, 0) is 116 Å². The minimum absolute atomic E-state index is 0.0452. The predicted molar refractivity (Wildman–Crippen MR) is 178 cm³/mol. The number of hydrogen-bond donors (Lipinski definition) is 5. The highest BCUT2D eigenvalue weighted by atomic mass is 16.5. The van der Waals surface area contributed by atoms with Gasteiger partial charge in [-0.15, -0.1) is 0 Å². The normalized spacial score (nSPS) is 42.4. The van der Waals surface area contributed by atoms with Crippen LogP contribution in [-0.2, 0) is 36.5 Å². The maximum absolute atomic E-state index is 13.5. The van der Waals surface area contributed by atoms with Crippen molar-refractivity contribution in [1.82, 2.24) is 9.88 Å². The van der Waals surface area contributed by atoms with Crippen molar-refractivity contribution in [3.05, 3.63) is 69.0 Å². The van der Waals surface area contributed by atoms with Crippen LogP contribution in [0.25, 0.3) is 0 Å². The molecule has 2 spiro atoms. The van der Waals surface area contributed by atoms with Gasteiger partial charge in [0.15, 0.2) is 35.2 Å². The van der Waals surface area contributed by atoms with E-state index in [-0.39, 0.29) is 23.5 Å². The van der Waals surface area contributed by atoms with Crippen LogP contribution in [0.2, 0.25) is 0 Å². The van der Waals surface area contributed by atoms with Gasteiger partial charge in [0.25, 0.3) is 0 Å². The summed E-state index contributed by atoms with van der Waals surface area (Å²) in [4.78, 5) is 6.50. The van der Waals surface area contributed by atoms with Gasteiger partial charge in [0.05, 0.1) is 33.4 Å². The quantitative estimate of drug-likeness (QED) is 0.262. The molecule has 5 N–H and O–H groups in total. The molecule has 1 unspecified atom stereocenters. The zero-order valence-corrected chi connectivity index (χ0v) is 27.8. The monoisotopic (exact) mass is 660 g/mol. The Morgan fingerprint density at radius 3 is 2.00 bits per heavy atom. The third-order valence-electron chi connectivity index (χ3n) is 16.2. The second kappa shape index (κ2) is 8.29. The lowest BCUT2D eigenvalue weighted by Gasteiger charge is -2.63. The van der Waals surface area contributed by atoms with Gasteiger partial charge >= 0.3 is 0 Å². The molecule has 8 heteroatoms. The topological polar surface area (TPSA) is 118 Å². The number of benzene rings is 2. The van der Waals surface area contributed by atoms with E-state index in [2.05, 4.69) is 22.0 Å². The first kappa shape index (κ1) is 27.5. The molecule has 9 atom stereocenters. The van der Waals surface area contributed by atoms with Crippen LogP contribution in [0.3, 0.4) is 0 Å². The van der Waals surface area contributed by atoms with E-state index >= 15 is 0 Å². The number of aliphatic hydroxyl groups is 2. The van der Waals surface area contributed by atoms with Crippen LogP contribution in [0.15, 0.2) is 24.3 Å². The number of aromatic hydroxyl groups is 2. The second-order valence-corrected chi connectivity index (χ2v) is 18.1. The summed E-state index contributed by atoms with van der Waals surface area (Å²) in [5.41, 5.74) is 5.22. The van der Waals surface area contributed by atoms with Gasteiger partial charge in [-0.2, -0.15) is 0 Å². The minimum atomic E-state index is -1.08. The zero-order valence-electron chi connectivity index (χ0n) is 27.8. The van der Waals surface area contributed by atoms with Crippen molar-refractivity contribution < 1.29 is 29.9 Å². The van der Waals surface area contributed by atoms with E-state index in [1.807, 2.05) is 0 Å². The number of ether oxygens (including phenoxy) is 2. The lowest BCUT2D eigenvalue weighted by atomic mass is 9.43. The van der Waals surface area contributed by atoms with Crippen molar-refractivity contribution in [2.75, 3.05) is 13.1 Å². The van der Waals surface area contributed by atoms with Crippen LogP contribution in [0.1, 0.15) is 108 Å². The van der Waals surface area contributed by atoms with Gasteiger partial charge < -0.3 is 34.9 Å². The summed E-state index contributed by atoms with van der Waals surface area (Å²) in [6, 6.07) is 7.67. The van der Waals surface area contributed by atoms with Gasteiger partial charge in [0.2, 0.25) is 0 Å². The van der Waals surface area contributed by atoms with Crippen molar-refractivity contribution in [2.45, 2.75) is 117 Å². The molecule has 13 rings (SSSR count). The summed E-state index contributed by atoms with van der Waals surface area (Å²) < 4.78 is 13.9. The molecule has 4 fully saturated rings. The van der Waals surface area contributed by atoms with Crippen LogP contribution >= 0.6 is 0 Å². The van der Waals surface area contributed by atoms with E-state index in [4.69, 9.17) is 9.47 Å². The Morgan fingerprint density at radius 2 is 1.35 bits per heavy atom. The average molecular weight is 661 g/mol. The van der Waals surface area contributed by atoms with Crippen LogP contribution in [0.5, 0.6) is 23.0 Å². The highest BCUT2D eigenvalue weighted by Crippen LogP contribution is 2.74. The molecule has 254 valence electrons. The molecule has 49 heavy (non-hydrogen) atoms. The number of nitrogens with zero attached hydrogens (tertiary/aromatic N) is 1. The first-order chi connectivity index (χ1) is 23.7. The number of aromatic nitrogens is 1. The Kier molecular flexibility index (Phi) is 4.66.